The van der Waals surface area contributed by atoms with E-state index >= 15 is 0 Å². The van der Waals surface area contributed by atoms with Crippen LogP contribution in [0.1, 0.15) is 47.9 Å². The molecular weight excluding hydrogens is 432 g/mol. The van der Waals surface area contributed by atoms with Gasteiger partial charge in [0.15, 0.2) is 0 Å². The monoisotopic (exact) mass is 462 g/mol. The van der Waals surface area contributed by atoms with Gasteiger partial charge in [0.2, 0.25) is 0 Å². The average Bonchev–Trinajstić information content (AvgIpc) is 3.29. The van der Waals surface area contributed by atoms with Crippen LogP contribution in [0.15, 0.2) is 66.7 Å². The summed E-state index contributed by atoms with van der Waals surface area (Å²) < 4.78 is 4.59. The zero-order valence-electron chi connectivity index (χ0n) is 20.3. The van der Waals surface area contributed by atoms with Gasteiger partial charge in [0, 0.05) is 46.1 Å². The van der Waals surface area contributed by atoms with E-state index < -0.39 is 0 Å². The lowest BCUT2D eigenvalue weighted by Crippen LogP contribution is -2.15. The second-order valence-electron chi connectivity index (χ2n) is 9.51. The molecule has 5 nitrogen and oxygen atoms in total. The first-order valence-corrected chi connectivity index (χ1v) is 12.6. The number of imidazole rings is 1. The second kappa shape index (κ2) is 8.73. The summed E-state index contributed by atoms with van der Waals surface area (Å²) in [5, 5.41) is 5.53. The summed E-state index contributed by atoms with van der Waals surface area (Å²) in [5.74, 6) is 0.765. The Balaban J connectivity index is 1.39. The Labute approximate surface area is 205 Å². The molecule has 5 heteroatoms. The number of rotatable bonds is 4. The number of para-hydroxylation sites is 1. The SMILES string of the molecule is CCn1c2ccccc2c2cc(NC(=O)c3nc(-c4ccc(C)cc4)n4c3CCCCC4)ccc21. The molecule has 0 atom stereocenters. The molecule has 1 aliphatic heterocycles. The van der Waals surface area contributed by atoms with Crippen LogP contribution >= 0.6 is 0 Å². The van der Waals surface area contributed by atoms with E-state index in [1.807, 2.05) is 6.07 Å². The van der Waals surface area contributed by atoms with Crippen molar-refractivity contribution in [2.24, 2.45) is 0 Å². The maximum Gasteiger partial charge on any atom is 0.276 e. The fraction of sp³-hybridized carbons (Fsp3) is 0.267. The van der Waals surface area contributed by atoms with Crippen LogP contribution in [0.25, 0.3) is 33.2 Å². The van der Waals surface area contributed by atoms with E-state index in [9.17, 15) is 4.79 Å². The number of hydrogen-bond acceptors (Lipinski definition) is 2. The molecule has 1 N–H and O–H groups in total. The third kappa shape index (κ3) is 3.72. The van der Waals surface area contributed by atoms with E-state index in [1.165, 1.54) is 28.4 Å². The van der Waals surface area contributed by atoms with Crippen LogP contribution in [0.5, 0.6) is 0 Å². The van der Waals surface area contributed by atoms with Crippen molar-refractivity contribution in [3.05, 3.63) is 83.7 Å². The van der Waals surface area contributed by atoms with Gasteiger partial charge in [-0.2, -0.15) is 0 Å². The van der Waals surface area contributed by atoms with Crippen molar-refractivity contribution in [2.45, 2.75) is 52.6 Å². The van der Waals surface area contributed by atoms with Crippen molar-refractivity contribution in [3.8, 4) is 11.4 Å². The maximum absolute atomic E-state index is 13.6. The van der Waals surface area contributed by atoms with Gasteiger partial charge in [0.25, 0.3) is 5.91 Å². The van der Waals surface area contributed by atoms with Gasteiger partial charge in [-0.15, -0.1) is 0 Å². The third-order valence-corrected chi connectivity index (χ3v) is 7.24. The number of nitrogens with zero attached hydrogens (tertiary/aromatic N) is 3. The number of carbonyl (C=O) groups excluding carboxylic acids is 1. The summed E-state index contributed by atoms with van der Waals surface area (Å²) in [6.45, 7) is 6.06. The number of aromatic nitrogens is 3. The van der Waals surface area contributed by atoms with E-state index in [-0.39, 0.29) is 5.91 Å². The molecule has 0 fully saturated rings. The standard InChI is InChI=1S/C30H30N4O/c1-3-33-25-10-7-6-9-23(25)24-19-22(16-17-26(24)33)31-30(35)28-27-11-5-4-8-18-34(27)29(32-28)21-14-12-20(2)13-15-21/h6-7,9-10,12-17,19H,3-5,8,11,18H2,1-2H3,(H,31,35). The number of carbonyl (C=O) groups is 1. The van der Waals surface area contributed by atoms with Crippen LogP contribution in [-0.4, -0.2) is 20.0 Å². The molecule has 0 unspecified atom stereocenters. The van der Waals surface area contributed by atoms with E-state index in [1.54, 1.807) is 0 Å². The molecule has 6 rings (SSSR count). The lowest BCUT2D eigenvalue weighted by molar-refractivity contribution is 0.102. The van der Waals surface area contributed by atoms with E-state index in [4.69, 9.17) is 4.98 Å². The van der Waals surface area contributed by atoms with Crippen LogP contribution in [0, 0.1) is 6.92 Å². The van der Waals surface area contributed by atoms with Crippen molar-refractivity contribution >= 4 is 33.4 Å². The Bertz CT molecular complexity index is 1560. The predicted octanol–water partition coefficient (Wildman–Crippen LogP) is 6.97. The van der Waals surface area contributed by atoms with Crippen molar-refractivity contribution in [3.63, 3.8) is 0 Å². The summed E-state index contributed by atoms with van der Waals surface area (Å²) >= 11 is 0. The molecule has 0 saturated carbocycles. The smallest absolute Gasteiger partial charge is 0.276 e. The molecule has 35 heavy (non-hydrogen) atoms. The van der Waals surface area contributed by atoms with Crippen LogP contribution in [-0.2, 0) is 19.5 Å². The van der Waals surface area contributed by atoms with Crippen LogP contribution in [0.4, 0.5) is 5.69 Å². The molecule has 0 bridgehead atoms. The zero-order chi connectivity index (χ0) is 23.9. The molecule has 2 aromatic heterocycles. The molecule has 1 aliphatic rings. The topological polar surface area (TPSA) is 51.9 Å². The lowest BCUT2D eigenvalue weighted by atomic mass is 10.1. The van der Waals surface area contributed by atoms with Gasteiger partial charge >= 0.3 is 0 Å². The molecule has 0 radical (unpaired) electrons. The first-order valence-electron chi connectivity index (χ1n) is 12.6. The number of fused-ring (bicyclic) bond motifs is 4. The predicted molar refractivity (Wildman–Crippen MR) is 143 cm³/mol. The molecule has 0 saturated heterocycles. The Morgan fingerprint density at radius 1 is 0.943 bits per heavy atom. The van der Waals surface area contributed by atoms with Gasteiger partial charge in [-0.1, -0.05) is 54.4 Å². The number of anilines is 1. The van der Waals surface area contributed by atoms with Crippen molar-refractivity contribution < 1.29 is 4.79 Å². The van der Waals surface area contributed by atoms with Gasteiger partial charge < -0.3 is 14.5 Å². The fourth-order valence-electron chi connectivity index (χ4n) is 5.49. The number of aryl methyl sites for hydroxylation is 2. The van der Waals surface area contributed by atoms with Gasteiger partial charge in [0.05, 0.1) is 5.69 Å². The lowest BCUT2D eigenvalue weighted by Gasteiger charge is -2.09. The van der Waals surface area contributed by atoms with Crippen molar-refractivity contribution in [1.82, 2.24) is 14.1 Å². The highest BCUT2D eigenvalue weighted by atomic mass is 16.1. The Kier molecular flexibility index (Phi) is 5.40. The molecule has 1 amide bonds. The number of hydrogen-bond donors (Lipinski definition) is 1. The maximum atomic E-state index is 13.6. The average molecular weight is 463 g/mol. The minimum atomic E-state index is -0.132. The Morgan fingerprint density at radius 3 is 2.57 bits per heavy atom. The van der Waals surface area contributed by atoms with Crippen LogP contribution in [0.2, 0.25) is 0 Å². The minimum Gasteiger partial charge on any atom is -0.341 e. The van der Waals surface area contributed by atoms with Crippen LogP contribution < -0.4 is 5.32 Å². The highest BCUT2D eigenvalue weighted by molar-refractivity contribution is 6.11. The Hall–Kier alpha value is -3.86. The van der Waals surface area contributed by atoms with Gasteiger partial charge in [-0.05, 0) is 57.4 Å². The number of amides is 1. The van der Waals surface area contributed by atoms with E-state index in [0.29, 0.717) is 5.69 Å². The van der Waals surface area contributed by atoms with Gasteiger partial charge in [0.1, 0.15) is 11.5 Å². The first kappa shape index (κ1) is 21.7. The molecule has 0 aliphatic carbocycles. The minimum absolute atomic E-state index is 0.132. The summed E-state index contributed by atoms with van der Waals surface area (Å²) in [4.78, 5) is 18.5. The summed E-state index contributed by atoms with van der Waals surface area (Å²) in [7, 11) is 0. The first-order chi connectivity index (χ1) is 17.1. The molecule has 3 aromatic carbocycles. The quantitative estimate of drug-likeness (QED) is 0.314. The highest BCUT2D eigenvalue weighted by Gasteiger charge is 2.24. The summed E-state index contributed by atoms with van der Waals surface area (Å²) in [6.07, 6.45) is 4.25. The largest absolute Gasteiger partial charge is 0.341 e. The molecule has 0 spiro atoms. The third-order valence-electron chi connectivity index (χ3n) is 7.24. The summed E-state index contributed by atoms with van der Waals surface area (Å²) in [5.41, 5.74) is 7.09. The molecule has 3 heterocycles. The van der Waals surface area contributed by atoms with E-state index in [0.717, 1.165) is 60.5 Å². The summed E-state index contributed by atoms with van der Waals surface area (Å²) in [6, 6.07) is 23.1. The second-order valence-corrected chi connectivity index (χ2v) is 9.51. The highest BCUT2D eigenvalue weighted by Crippen LogP contribution is 2.32. The fourth-order valence-corrected chi connectivity index (χ4v) is 5.49. The van der Waals surface area contributed by atoms with Gasteiger partial charge in [-0.3, -0.25) is 4.79 Å². The Morgan fingerprint density at radius 2 is 1.74 bits per heavy atom. The zero-order valence-corrected chi connectivity index (χ0v) is 20.3. The molecular formula is C30H30N4O. The van der Waals surface area contributed by atoms with E-state index in [2.05, 4.69) is 89.0 Å². The van der Waals surface area contributed by atoms with Crippen molar-refractivity contribution in [2.75, 3.05) is 5.32 Å². The van der Waals surface area contributed by atoms with Crippen molar-refractivity contribution in [1.29, 1.82) is 0 Å². The molecule has 5 aromatic rings. The van der Waals surface area contributed by atoms with Crippen LogP contribution in [0.3, 0.4) is 0 Å². The molecule has 176 valence electrons. The number of nitrogens with one attached hydrogen (secondary N) is 1. The van der Waals surface area contributed by atoms with Gasteiger partial charge in [-0.25, -0.2) is 4.98 Å². The normalized spacial score (nSPS) is 13.7. The number of benzene rings is 3.